The van der Waals surface area contributed by atoms with Gasteiger partial charge in [0.05, 0.1) is 138 Å². The molecule has 0 aliphatic carbocycles. The van der Waals surface area contributed by atoms with Gasteiger partial charge in [-0.15, -0.1) is 0 Å². The van der Waals surface area contributed by atoms with Crippen molar-refractivity contribution in [2.75, 3.05) is 86.8 Å². The van der Waals surface area contributed by atoms with Gasteiger partial charge in [-0.25, -0.2) is 14.7 Å². The van der Waals surface area contributed by atoms with Crippen molar-refractivity contribution in [3.05, 3.63) is 0 Å². The first-order valence-electron chi connectivity index (χ1n) is 39.6. The SMILES string of the molecule is COP(O)(=S)OC[C@H]1O[C@@H](N2CCC(N)NC2O)C[C@H]1OP(O)(=S)OC[C@H]1O[C@@H](N2CCC(N)NC2O)C[C@H]1OP(O)(=S)OC[C@H]1O[C@@H](NC2NCNC(N)C2N)C[C@H]1C.COP(O)(=S)OC[C@H]1O[C@@H](NC2NCNC(N)C2N)C[C@H]1OP(O)(=S)OC[C@H]1O[C@@H](NC2NC(N)NC(=O)C2N)C[C@H]1OP(O)(=S)OC[C@H]1O[C@@H](N2CCC(N)NC2O)C[C@H]1C. The number of aliphatic hydroxyl groups excluding tert-OH is 3. The van der Waals surface area contributed by atoms with Crippen LogP contribution >= 0.6 is 40.3 Å². The van der Waals surface area contributed by atoms with E-state index in [1.54, 1.807) is 14.7 Å². The van der Waals surface area contributed by atoms with Gasteiger partial charge >= 0.3 is 40.3 Å². The molecule has 0 radical (unpaired) electrons. The molecule has 710 valence electrons. The van der Waals surface area contributed by atoms with Gasteiger partial charge in [0.1, 0.15) is 74.1 Å². The Morgan fingerprint density at radius 1 is 0.410 bits per heavy atom. The number of carbonyl (C=O) groups excluding carboxylic acids is 1. The van der Waals surface area contributed by atoms with Crippen LogP contribution in [-0.2, 0) is 158 Å². The lowest BCUT2D eigenvalue weighted by atomic mass is 10.0. The van der Waals surface area contributed by atoms with Crippen LogP contribution in [0.15, 0.2) is 0 Å². The van der Waals surface area contributed by atoms with E-state index in [-0.39, 0.29) is 89.1 Å². The molecule has 12 fully saturated rings. The average Bonchev–Trinajstić information content (AvgIpc) is 1.37. The van der Waals surface area contributed by atoms with Crippen LogP contribution in [-0.4, -0.2) is 343 Å². The second kappa shape index (κ2) is 45.8. The summed E-state index contributed by atoms with van der Waals surface area (Å²) in [7, 11) is 2.41. The van der Waals surface area contributed by atoms with Crippen LogP contribution in [0.3, 0.4) is 0 Å². The van der Waals surface area contributed by atoms with Gasteiger partial charge in [-0.05, 0) is 115 Å². The van der Waals surface area contributed by atoms with Crippen molar-refractivity contribution in [1.82, 2.24) is 78.5 Å². The van der Waals surface area contributed by atoms with Gasteiger partial charge in [0.25, 0.3) is 0 Å². The molecule has 21 unspecified atom stereocenters. The molecule has 12 aliphatic rings. The molecule has 39 N–H and O–H groups in total. The molecule has 0 aromatic carbocycles. The fourth-order valence-electron chi connectivity index (χ4n) is 15.5. The molecule has 12 heterocycles. The lowest BCUT2D eigenvalue weighted by Crippen LogP contribution is -2.74. The van der Waals surface area contributed by atoms with E-state index in [4.69, 9.17) is 205 Å². The molecule has 39 atom stereocenters. The number of nitrogens with two attached hydrogens (primary N) is 9. The van der Waals surface area contributed by atoms with Crippen LogP contribution in [0.5, 0.6) is 0 Å². The number of hydrogen-bond acceptors (Lipinski definition) is 51. The highest BCUT2D eigenvalue weighted by atomic mass is 32.5. The fourth-order valence-corrected chi connectivity index (χ4v) is 22.6. The van der Waals surface area contributed by atoms with Crippen LogP contribution in [0.2, 0.25) is 0 Å². The van der Waals surface area contributed by atoms with Crippen LogP contribution in [0.1, 0.15) is 71.6 Å². The Balaban J connectivity index is 0.000000238. The molecule has 12 aliphatic heterocycles. The maximum absolute atomic E-state index is 12.4. The summed E-state index contributed by atoms with van der Waals surface area (Å²) in [6, 6.07) is -2.01. The lowest BCUT2D eigenvalue weighted by Gasteiger charge is -2.39. The molecule has 0 aromatic heterocycles. The van der Waals surface area contributed by atoms with E-state index in [1.165, 1.54) is 14.2 Å². The van der Waals surface area contributed by atoms with Crippen LogP contribution in [0.4, 0.5) is 0 Å². The zero-order valence-electron chi connectivity index (χ0n) is 67.1. The van der Waals surface area contributed by atoms with Gasteiger partial charge in [0.2, 0.25) is 5.91 Å². The number of ether oxygens (including phenoxy) is 6. The molecule has 0 spiro atoms. The molecule has 64 heteroatoms. The van der Waals surface area contributed by atoms with Gasteiger partial charge in [0.15, 0.2) is 19.1 Å². The quantitative estimate of drug-likeness (QED) is 0.0257. The number of rotatable bonds is 37. The van der Waals surface area contributed by atoms with E-state index in [9.17, 15) is 49.5 Å². The maximum atomic E-state index is 12.4. The summed E-state index contributed by atoms with van der Waals surface area (Å²) in [6.07, 6.45) is -17.3. The molecule has 12 rings (SSSR count). The topological polar surface area (TPSA) is 754 Å². The van der Waals surface area contributed by atoms with Crippen LogP contribution in [0.25, 0.3) is 0 Å². The Bertz CT molecular complexity index is 3690. The average molecular weight is 1980 g/mol. The molecular weight excluding hydrogens is 1860 g/mol. The fraction of sp³-hybridized carbons (Fsp3) is 0.983. The molecule has 1 amide bonds. The second-order valence-corrected chi connectivity index (χ2v) is 48.3. The van der Waals surface area contributed by atoms with E-state index in [0.29, 0.717) is 65.1 Å². The Kier molecular flexibility index (Phi) is 39.0. The minimum Gasteiger partial charge on any atom is -0.365 e. The van der Waals surface area contributed by atoms with E-state index in [2.05, 4.69) is 63.8 Å². The molecule has 52 nitrogen and oxygen atoms in total. The van der Waals surface area contributed by atoms with Gasteiger partial charge < -0.3 is 179 Å². The first-order chi connectivity index (χ1) is 57.3. The summed E-state index contributed by atoms with van der Waals surface area (Å²) < 4.78 is 105. The number of aliphatic hydroxyl groups is 3. The zero-order chi connectivity index (χ0) is 88.7. The maximum Gasteiger partial charge on any atom is 0.324 e. The molecule has 12 saturated heterocycles. The van der Waals surface area contributed by atoms with E-state index >= 15 is 0 Å². The first-order valence-corrected chi connectivity index (χ1v) is 55.2. The number of carbonyl (C=O) groups is 1. The minimum atomic E-state index is -4.14. The standard InChI is InChI=1S/C29H62N13O14P3S3.C29H62N11O14P3S3/c1-12-5-21(42-4-3-18(30)37-29(42)44)54-15(12)8-50-58(46,61)55-14-7-20(39-26-23(32)27(43)41-28(34)40-26)53-17(14)10-51-59(47,62)56-13-6-19(38-25-22(31)24(33)35-11-36-25)52-16(13)9-49-57(45,60)48-2;1-14-7-22(38-27-25(32)26(33)34-13-35-27)50-17(14)10-48-56(44,59)53-16-9-24(40-6-4-21(31)37-29(40)42)52-19(16)12-49-57(45,60)54-15-8-23(39-5-3-20(30)36-28(39)41)51-18(15)11-47-55(43,58)46-2/h12-26,28-29,35-40,44H,3-11,30-34H2,1-2H3,(H,41,43)(H,45,60)(H,46,61)(H,47,62);14-29,34-38,41-42H,3-13,30-33H2,1-2H3,(H,43,58)(H,44,59)(H,45,60)/t12-,13-,14-,15-,16-,17-,18?,19-,20-,21-,22?,23?,24?,25?,26?,28?,29?,57?,58?,59?;14-,15-,16-,17-,18-,19-,20?,21?,22-,23-,24-,25?,26?,27?,28?,29?,55?,56?,57?/m11/s1. The summed E-state index contributed by atoms with van der Waals surface area (Å²) >= 11 is 31.8. The number of hydrogen-bond donors (Lipinski definition) is 30. The zero-order valence-corrected chi connectivity index (χ0v) is 77.4. The molecular formula is C58H124N24O28P6S6. The third kappa shape index (κ3) is 29.9. The predicted molar refractivity (Wildman–Crippen MR) is 454 cm³/mol. The van der Waals surface area contributed by atoms with Crippen LogP contribution in [0, 0.1) is 11.8 Å². The van der Waals surface area contributed by atoms with Gasteiger partial charge in [-0.1, -0.05) is 13.8 Å². The Morgan fingerprint density at radius 3 is 1.09 bits per heavy atom. The predicted octanol–water partition coefficient (Wildman–Crippen LogP) is -10.7. The Morgan fingerprint density at radius 2 is 0.713 bits per heavy atom. The van der Waals surface area contributed by atoms with Crippen molar-refractivity contribution in [2.24, 2.45) is 63.4 Å². The van der Waals surface area contributed by atoms with Gasteiger partial charge in [0, 0.05) is 72.9 Å². The summed E-state index contributed by atoms with van der Waals surface area (Å²) in [6.45, 7) is -19.0. The van der Waals surface area contributed by atoms with Gasteiger partial charge in [-0.2, -0.15) is 0 Å². The number of nitrogens with zero attached hydrogens (tertiary/aromatic N) is 3. The summed E-state index contributed by atoms with van der Waals surface area (Å²) in [5.41, 5.74) is 54.5. The third-order valence-corrected chi connectivity index (χ3v) is 32.1. The van der Waals surface area contributed by atoms with Crippen molar-refractivity contribution in [3.63, 3.8) is 0 Å². The first kappa shape index (κ1) is 104. The number of nitrogens with one attached hydrogen (secondary N) is 12. The normalized spacial score (nSPS) is 43.9. The molecule has 0 saturated carbocycles. The molecule has 0 bridgehead atoms. The largest absolute Gasteiger partial charge is 0.365 e. The highest BCUT2D eigenvalue weighted by Crippen LogP contribution is 2.55. The van der Waals surface area contributed by atoms with E-state index in [1.807, 2.05) is 13.8 Å². The minimum absolute atomic E-state index is 0.0217. The summed E-state index contributed by atoms with van der Waals surface area (Å²) in [4.78, 5) is 83.4. The van der Waals surface area contributed by atoms with E-state index in [0.717, 1.165) is 0 Å². The monoisotopic (exact) mass is 1980 g/mol. The van der Waals surface area contributed by atoms with Crippen molar-refractivity contribution >= 4 is 117 Å². The lowest BCUT2D eigenvalue weighted by molar-refractivity contribution is -0.159. The number of amides is 1. The van der Waals surface area contributed by atoms with Crippen LogP contribution < -0.4 is 115 Å². The van der Waals surface area contributed by atoms with Gasteiger partial charge in [-0.3, -0.25) is 69.0 Å². The summed E-state index contributed by atoms with van der Waals surface area (Å²) in [5, 5.41) is 68.1. The summed E-state index contributed by atoms with van der Waals surface area (Å²) in [5.74, 6) is -0.516. The Hall–Kier alpha value is 1.37. The molecule has 122 heavy (non-hydrogen) atoms. The highest BCUT2D eigenvalue weighted by Gasteiger charge is 2.52. The van der Waals surface area contributed by atoms with Crippen molar-refractivity contribution in [1.29, 1.82) is 0 Å². The molecule has 0 aromatic rings. The third-order valence-electron chi connectivity index (χ3n) is 22.4. The van der Waals surface area contributed by atoms with Crippen molar-refractivity contribution < 1.29 is 132 Å². The van der Waals surface area contributed by atoms with Crippen molar-refractivity contribution in [3.8, 4) is 0 Å². The highest BCUT2D eigenvalue weighted by molar-refractivity contribution is 8.08. The Labute approximate surface area is 736 Å². The van der Waals surface area contributed by atoms with Crippen molar-refractivity contribution in [2.45, 2.75) is 263 Å². The van der Waals surface area contributed by atoms with E-state index < -0.39 is 225 Å². The second-order valence-electron chi connectivity index (χ2n) is 31.3. The smallest absolute Gasteiger partial charge is 0.324 e.